The largest absolute Gasteiger partial charge is 0.298 e. The summed E-state index contributed by atoms with van der Waals surface area (Å²) in [4.78, 5) is 11.3. The second kappa shape index (κ2) is 7.59. The first-order valence-corrected chi connectivity index (χ1v) is 10.0. The molecule has 1 aliphatic rings. The summed E-state index contributed by atoms with van der Waals surface area (Å²) in [6.07, 6.45) is 4.08. The zero-order chi connectivity index (χ0) is 19.7. The van der Waals surface area contributed by atoms with Crippen LogP contribution < -0.4 is 0 Å². The first-order valence-electron chi connectivity index (χ1n) is 10.0. The molecule has 3 aromatic rings. The number of fused-ring (bicyclic) bond motifs is 1. The lowest BCUT2D eigenvalue weighted by Crippen LogP contribution is -1.98. The van der Waals surface area contributed by atoms with Crippen LogP contribution in [0.5, 0.6) is 0 Å². The summed E-state index contributed by atoms with van der Waals surface area (Å²) in [5.74, 6) is 0. The van der Waals surface area contributed by atoms with Gasteiger partial charge in [0.15, 0.2) is 0 Å². The van der Waals surface area contributed by atoms with Gasteiger partial charge in [0.2, 0.25) is 0 Å². The van der Waals surface area contributed by atoms with Crippen molar-refractivity contribution >= 4 is 17.4 Å². The predicted octanol–water partition coefficient (Wildman–Crippen LogP) is 6.72. The molecule has 4 rings (SSSR count). The molecular formula is C27H26O. The molecule has 0 unspecified atom stereocenters. The van der Waals surface area contributed by atoms with Gasteiger partial charge in [0.25, 0.3) is 0 Å². The summed E-state index contributed by atoms with van der Waals surface area (Å²) in [6, 6.07) is 21.8. The van der Waals surface area contributed by atoms with E-state index in [1.165, 1.54) is 50.1 Å². The fraction of sp³-hybridized carbons (Fsp3) is 0.222. The van der Waals surface area contributed by atoms with Crippen molar-refractivity contribution in [1.29, 1.82) is 0 Å². The Kier molecular flexibility index (Phi) is 5.00. The SMILES string of the molecule is Cc1ccc(C2=C(c3ccc(C)cc3C)CCCc3cc(C=O)ccc32)cc1. The molecule has 0 aliphatic heterocycles. The molecule has 1 aliphatic carbocycles. The molecule has 0 amide bonds. The maximum atomic E-state index is 11.3. The third-order valence-electron chi connectivity index (χ3n) is 5.76. The summed E-state index contributed by atoms with van der Waals surface area (Å²) in [5, 5.41) is 0. The van der Waals surface area contributed by atoms with Crippen molar-refractivity contribution in [3.8, 4) is 0 Å². The summed E-state index contributed by atoms with van der Waals surface area (Å²) in [6.45, 7) is 6.49. The molecule has 140 valence electrons. The van der Waals surface area contributed by atoms with Crippen LogP contribution in [-0.4, -0.2) is 6.29 Å². The summed E-state index contributed by atoms with van der Waals surface area (Å²) < 4.78 is 0. The molecule has 3 aromatic carbocycles. The highest BCUT2D eigenvalue weighted by atomic mass is 16.1. The standard InChI is InChI=1S/C27H26O/c1-18-7-11-22(12-8-18)27-25-14-10-21(17-28)16-23(25)5-4-6-26(27)24-13-9-19(2)15-20(24)3/h7-17H,4-6H2,1-3H3. The van der Waals surface area contributed by atoms with Crippen LogP contribution in [-0.2, 0) is 6.42 Å². The number of hydrogen-bond donors (Lipinski definition) is 0. The minimum atomic E-state index is 0.761. The van der Waals surface area contributed by atoms with Crippen molar-refractivity contribution < 1.29 is 4.79 Å². The Hall–Kier alpha value is -2.93. The lowest BCUT2D eigenvalue weighted by atomic mass is 9.85. The van der Waals surface area contributed by atoms with E-state index in [0.29, 0.717) is 0 Å². The fourth-order valence-corrected chi connectivity index (χ4v) is 4.35. The Balaban J connectivity index is 2.02. The van der Waals surface area contributed by atoms with Crippen LogP contribution in [0.15, 0.2) is 60.7 Å². The Morgan fingerprint density at radius 1 is 0.750 bits per heavy atom. The van der Waals surface area contributed by atoms with Crippen LogP contribution in [0.3, 0.4) is 0 Å². The van der Waals surface area contributed by atoms with Crippen LogP contribution in [0.2, 0.25) is 0 Å². The van der Waals surface area contributed by atoms with E-state index in [1.807, 2.05) is 6.07 Å². The highest BCUT2D eigenvalue weighted by Crippen LogP contribution is 2.41. The van der Waals surface area contributed by atoms with Crippen molar-refractivity contribution in [2.75, 3.05) is 0 Å². The van der Waals surface area contributed by atoms with Crippen LogP contribution in [0.1, 0.15) is 62.1 Å². The van der Waals surface area contributed by atoms with Crippen LogP contribution >= 0.6 is 0 Å². The third kappa shape index (κ3) is 3.45. The molecule has 0 saturated heterocycles. The normalized spacial score (nSPS) is 13.8. The lowest BCUT2D eigenvalue weighted by molar-refractivity contribution is 0.112. The van der Waals surface area contributed by atoms with Gasteiger partial charge in [-0.25, -0.2) is 0 Å². The molecule has 1 heteroatoms. The Labute approximate surface area is 167 Å². The summed E-state index contributed by atoms with van der Waals surface area (Å²) in [5.41, 5.74) is 12.5. The predicted molar refractivity (Wildman–Crippen MR) is 118 cm³/mol. The second-order valence-corrected chi connectivity index (χ2v) is 7.93. The smallest absolute Gasteiger partial charge is 0.150 e. The molecule has 0 N–H and O–H groups in total. The number of aryl methyl sites for hydroxylation is 4. The molecular weight excluding hydrogens is 340 g/mol. The topological polar surface area (TPSA) is 17.1 Å². The number of carbonyl (C=O) groups excluding carboxylic acids is 1. The van der Waals surface area contributed by atoms with E-state index in [9.17, 15) is 4.79 Å². The van der Waals surface area contributed by atoms with Crippen molar-refractivity contribution in [3.05, 3.63) is 105 Å². The van der Waals surface area contributed by atoms with E-state index in [1.54, 1.807) is 0 Å². The van der Waals surface area contributed by atoms with Gasteiger partial charge in [0.05, 0.1) is 0 Å². The Bertz CT molecular complexity index is 1070. The first kappa shape index (κ1) is 18.4. The number of rotatable bonds is 3. The van der Waals surface area contributed by atoms with E-state index in [-0.39, 0.29) is 0 Å². The number of carbonyl (C=O) groups is 1. The van der Waals surface area contributed by atoms with Gasteiger partial charge in [0, 0.05) is 5.56 Å². The average molecular weight is 367 g/mol. The molecule has 0 aromatic heterocycles. The van der Waals surface area contributed by atoms with Gasteiger partial charge < -0.3 is 0 Å². The van der Waals surface area contributed by atoms with Crippen molar-refractivity contribution in [1.82, 2.24) is 0 Å². The van der Waals surface area contributed by atoms with Crippen LogP contribution in [0.25, 0.3) is 11.1 Å². The zero-order valence-corrected chi connectivity index (χ0v) is 16.9. The Morgan fingerprint density at radius 3 is 2.18 bits per heavy atom. The second-order valence-electron chi connectivity index (χ2n) is 7.93. The molecule has 0 spiro atoms. The highest BCUT2D eigenvalue weighted by molar-refractivity contribution is 6.00. The molecule has 0 heterocycles. The van der Waals surface area contributed by atoms with Gasteiger partial charge in [-0.15, -0.1) is 0 Å². The fourth-order valence-electron chi connectivity index (χ4n) is 4.35. The quantitative estimate of drug-likeness (QED) is 0.470. The van der Waals surface area contributed by atoms with Crippen LogP contribution in [0, 0.1) is 20.8 Å². The van der Waals surface area contributed by atoms with Gasteiger partial charge in [-0.3, -0.25) is 4.79 Å². The molecule has 0 bridgehead atoms. The number of hydrogen-bond acceptors (Lipinski definition) is 1. The maximum absolute atomic E-state index is 11.3. The van der Waals surface area contributed by atoms with Gasteiger partial charge in [-0.2, -0.15) is 0 Å². The first-order chi connectivity index (χ1) is 13.6. The monoisotopic (exact) mass is 366 g/mol. The molecule has 1 nitrogen and oxygen atoms in total. The lowest BCUT2D eigenvalue weighted by Gasteiger charge is -2.18. The summed E-state index contributed by atoms with van der Waals surface area (Å²) in [7, 11) is 0. The number of benzene rings is 3. The minimum absolute atomic E-state index is 0.761. The zero-order valence-electron chi connectivity index (χ0n) is 16.9. The molecule has 0 radical (unpaired) electrons. The number of aldehydes is 1. The Morgan fingerprint density at radius 2 is 1.46 bits per heavy atom. The minimum Gasteiger partial charge on any atom is -0.298 e. The number of allylic oxidation sites excluding steroid dienone is 1. The van der Waals surface area contributed by atoms with Gasteiger partial charge >= 0.3 is 0 Å². The summed E-state index contributed by atoms with van der Waals surface area (Å²) >= 11 is 0. The molecule has 28 heavy (non-hydrogen) atoms. The highest BCUT2D eigenvalue weighted by Gasteiger charge is 2.21. The maximum Gasteiger partial charge on any atom is 0.150 e. The van der Waals surface area contributed by atoms with Crippen molar-refractivity contribution in [2.24, 2.45) is 0 Å². The molecule has 0 saturated carbocycles. The van der Waals surface area contributed by atoms with Crippen molar-refractivity contribution in [2.45, 2.75) is 40.0 Å². The van der Waals surface area contributed by atoms with E-state index in [2.05, 4.69) is 75.4 Å². The van der Waals surface area contributed by atoms with E-state index in [4.69, 9.17) is 0 Å². The van der Waals surface area contributed by atoms with Gasteiger partial charge in [-0.05, 0) is 85.1 Å². The average Bonchev–Trinajstić information content (AvgIpc) is 2.87. The molecule has 0 atom stereocenters. The van der Waals surface area contributed by atoms with Gasteiger partial charge in [-0.1, -0.05) is 65.7 Å². The van der Waals surface area contributed by atoms with Gasteiger partial charge in [0.1, 0.15) is 6.29 Å². The van der Waals surface area contributed by atoms with E-state index >= 15 is 0 Å². The van der Waals surface area contributed by atoms with Crippen LogP contribution in [0.4, 0.5) is 0 Å². The third-order valence-corrected chi connectivity index (χ3v) is 5.76. The molecule has 0 fully saturated rings. The van der Waals surface area contributed by atoms with Crippen molar-refractivity contribution in [3.63, 3.8) is 0 Å². The van der Waals surface area contributed by atoms with E-state index in [0.717, 1.165) is 31.1 Å². The van der Waals surface area contributed by atoms with E-state index < -0.39 is 0 Å².